The monoisotopic (exact) mass is 256 g/mol. The third kappa shape index (κ3) is 4.45. The first-order valence-electron chi connectivity index (χ1n) is 5.19. The fourth-order valence-electron chi connectivity index (χ4n) is 1.44. The van der Waals surface area contributed by atoms with Crippen LogP contribution in [0.1, 0.15) is 29.3 Å². The minimum atomic E-state index is -4.32. The molecule has 1 unspecified atom stereocenters. The van der Waals surface area contributed by atoms with Gasteiger partial charge in [0.05, 0.1) is 18.1 Å². The minimum absolute atomic E-state index is 0.170. The van der Waals surface area contributed by atoms with Crippen molar-refractivity contribution in [2.45, 2.75) is 25.6 Å². The van der Waals surface area contributed by atoms with Gasteiger partial charge < -0.3 is 5.32 Å². The first-order valence-corrected chi connectivity index (χ1v) is 5.19. The largest absolute Gasteiger partial charge is 0.391 e. The summed E-state index contributed by atoms with van der Waals surface area (Å²) in [6.45, 7) is 1.28. The second-order valence-electron chi connectivity index (χ2n) is 3.89. The molecule has 6 heteroatoms. The third-order valence-corrected chi connectivity index (χ3v) is 2.17. The number of nitrogens with one attached hydrogen (secondary N) is 1. The van der Waals surface area contributed by atoms with Gasteiger partial charge in [0.2, 0.25) is 0 Å². The van der Waals surface area contributed by atoms with Crippen molar-refractivity contribution in [3.8, 4) is 6.07 Å². The van der Waals surface area contributed by atoms with Crippen LogP contribution in [0.4, 0.5) is 13.2 Å². The first-order chi connectivity index (χ1) is 8.31. The highest BCUT2D eigenvalue weighted by atomic mass is 19.4. The Bertz CT molecular complexity index is 477. The molecule has 0 aliphatic carbocycles. The molecule has 1 aromatic carbocycles. The number of carbonyl (C=O) groups is 1. The van der Waals surface area contributed by atoms with Crippen LogP contribution < -0.4 is 5.32 Å². The summed E-state index contributed by atoms with van der Waals surface area (Å²) in [4.78, 5) is 11.6. The Morgan fingerprint density at radius 3 is 2.72 bits per heavy atom. The Morgan fingerprint density at radius 1 is 1.50 bits per heavy atom. The molecule has 18 heavy (non-hydrogen) atoms. The molecule has 0 aromatic heterocycles. The number of benzene rings is 1. The predicted molar refractivity (Wildman–Crippen MR) is 58.8 cm³/mol. The Labute approximate surface area is 102 Å². The van der Waals surface area contributed by atoms with Crippen molar-refractivity contribution in [2.24, 2.45) is 0 Å². The highest BCUT2D eigenvalue weighted by molar-refractivity contribution is 5.94. The van der Waals surface area contributed by atoms with E-state index in [0.717, 1.165) is 0 Å². The van der Waals surface area contributed by atoms with Crippen molar-refractivity contribution < 1.29 is 18.0 Å². The number of rotatable bonds is 3. The van der Waals surface area contributed by atoms with Crippen molar-refractivity contribution in [3.05, 3.63) is 35.4 Å². The molecular formula is C12H11F3N2O. The van der Waals surface area contributed by atoms with E-state index in [-0.39, 0.29) is 11.1 Å². The van der Waals surface area contributed by atoms with Crippen molar-refractivity contribution in [2.75, 3.05) is 0 Å². The molecule has 1 rings (SSSR count). The summed E-state index contributed by atoms with van der Waals surface area (Å²) in [5.41, 5.74) is 0.453. The van der Waals surface area contributed by atoms with Gasteiger partial charge in [0.1, 0.15) is 0 Å². The number of nitrogens with zero attached hydrogens (tertiary/aromatic N) is 1. The van der Waals surface area contributed by atoms with Crippen LogP contribution in [-0.2, 0) is 0 Å². The molecule has 0 saturated carbocycles. The zero-order valence-electron chi connectivity index (χ0n) is 9.58. The van der Waals surface area contributed by atoms with Gasteiger partial charge in [-0.15, -0.1) is 0 Å². The highest BCUT2D eigenvalue weighted by Gasteiger charge is 2.30. The van der Waals surface area contributed by atoms with E-state index in [1.54, 1.807) is 0 Å². The van der Waals surface area contributed by atoms with E-state index in [1.165, 1.54) is 31.2 Å². The van der Waals surface area contributed by atoms with E-state index in [4.69, 9.17) is 5.26 Å². The van der Waals surface area contributed by atoms with Gasteiger partial charge in [-0.3, -0.25) is 4.79 Å². The molecule has 0 aliphatic rings. The van der Waals surface area contributed by atoms with E-state index in [2.05, 4.69) is 5.32 Å². The number of alkyl halides is 3. The molecule has 1 N–H and O–H groups in total. The van der Waals surface area contributed by atoms with Gasteiger partial charge >= 0.3 is 6.18 Å². The molecule has 1 amide bonds. The number of hydrogen-bond acceptors (Lipinski definition) is 2. The van der Waals surface area contributed by atoms with Crippen LogP contribution >= 0.6 is 0 Å². The SMILES string of the molecule is CC(CC(F)(F)F)NC(=O)c1cccc(C#N)c1. The van der Waals surface area contributed by atoms with Crippen LogP contribution in [0.5, 0.6) is 0 Å². The molecule has 0 bridgehead atoms. The molecule has 0 aliphatic heterocycles. The van der Waals surface area contributed by atoms with Crippen LogP contribution in [-0.4, -0.2) is 18.1 Å². The van der Waals surface area contributed by atoms with Crippen molar-refractivity contribution in [1.82, 2.24) is 5.32 Å². The summed E-state index contributed by atoms with van der Waals surface area (Å²) in [5.74, 6) is -0.621. The van der Waals surface area contributed by atoms with E-state index in [0.29, 0.717) is 0 Å². The second-order valence-corrected chi connectivity index (χ2v) is 3.89. The number of carbonyl (C=O) groups excluding carboxylic acids is 1. The molecule has 0 fully saturated rings. The van der Waals surface area contributed by atoms with Crippen LogP contribution in [0, 0.1) is 11.3 Å². The van der Waals surface area contributed by atoms with E-state index in [1.807, 2.05) is 6.07 Å². The van der Waals surface area contributed by atoms with Crippen LogP contribution in [0.15, 0.2) is 24.3 Å². The average molecular weight is 256 g/mol. The molecule has 3 nitrogen and oxygen atoms in total. The maximum Gasteiger partial charge on any atom is 0.391 e. The standard InChI is InChI=1S/C12H11F3N2O/c1-8(6-12(13,14)15)17-11(18)10-4-2-3-9(5-10)7-16/h2-5,8H,6H2,1H3,(H,17,18). The van der Waals surface area contributed by atoms with Crippen LogP contribution in [0.3, 0.4) is 0 Å². The topological polar surface area (TPSA) is 52.9 Å². The van der Waals surface area contributed by atoms with Gasteiger partial charge in [0.15, 0.2) is 0 Å². The van der Waals surface area contributed by atoms with Gasteiger partial charge in [0, 0.05) is 11.6 Å². The Kier molecular flexibility index (Phi) is 4.32. The van der Waals surface area contributed by atoms with Gasteiger partial charge in [-0.25, -0.2) is 0 Å². The Hall–Kier alpha value is -2.03. The summed E-state index contributed by atoms with van der Waals surface area (Å²) in [6.07, 6.45) is -5.40. The molecular weight excluding hydrogens is 245 g/mol. The summed E-state index contributed by atoms with van der Waals surface area (Å²) in [5, 5.41) is 10.9. The zero-order chi connectivity index (χ0) is 13.8. The normalized spacial score (nSPS) is 12.6. The van der Waals surface area contributed by atoms with Crippen molar-refractivity contribution in [3.63, 3.8) is 0 Å². The third-order valence-electron chi connectivity index (χ3n) is 2.17. The molecule has 0 saturated heterocycles. The lowest BCUT2D eigenvalue weighted by molar-refractivity contribution is -0.138. The number of halogens is 3. The van der Waals surface area contributed by atoms with Gasteiger partial charge in [-0.2, -0.15) is 18.4 Å². The lowest BCUT2D eigenvalue weighted by Gasteiger charge is -2.15. The van der Waals surface area contributed by atoms with E-state index >= 15 is 0 Å². The first kappa shape index (κ1) is 14.0. The quantitative estimate of drug-likeness (QED) is 0.903. The number of nitriles is 1. The maximum absolute atomic E-state index is 12.1. The molecule has 0 radical (unpaired) electrons. The smallest absolute Gasteiger partial charge is 0.349 e. The van der Waals surface area contributed by atoms with Crippen molar-refractivity contribution >= 4 is 5.91 Å². The fourth-order valence-corrected chi connectivity index (χ4v) is 1.44. The minimum Gasteiger partial charge on any atom is -0.349 e. The van der Waals surface area contributed by atoms with Gasteiger partial charge in [-0.1, -0.05) is 6.07 Å². The van der Waals surface area contributed by atoms with Crippen molar-refractivity contribution in [1.29, 1.82) is 5.26 Å². The lowest BCUT2D eigenvalue weighted by Crippen LogP contribution is -2.35. The summed E-state index contributed by atoms with van der Waals surface area (Å²) in [7, 11) is 0. The van der Waals surface area contributed by atoms with Crippen LogP contribution in [0.2, 0.25) is 0 Å². The second kappa shape index (κ2) is 5.54. The highest BCUT2D eigenvalue weighted by Crippen LogP contribution is 2.21. The predicted octanol–water partition coefficient (Wildman–Crippen LogP) is 2.63. The van der Waals surface area contributed by atoms with E-state index < -0.39 is 24.5 Å². The van der Waals surface area contributed by atoms with E-state index in [9.17, 15) is 18.0 Å². The zero-order valence-corrected chi connectivity index (χ0v) is 9.58. The summed E-state index contributed by atoms with van der Waals surface area (Å²) >= 11 is 0. The number of amides is 1. The van der Waals surface area contributed by atoms with Gasteiger partial charge in [0.25, 0.3) is 5.91 Å². The van der Waals surface area contributed by atoms with Gasteiger partial charge in [-0.05, 0) is 25.1 Å². The molecule has 0 heterocycles. The van der Waals surface area contributed by atoms with Crippen LogP contribution in [0.25, 0.3) is 0 Å². The lowest BCUT2D eigenvalue weighted by atomic mass is 10.1. The maximum atomic E-state index is 12.1. The molecule has 96 valence electrons. The Morgan fingerprint density at radius 2 is 2.17 bits per heavy atom. The summed E-state index contributed by atoms with van der Waals surface area (Å²) < 4.78 is 36.2. The average Bonchev–Trinajstić information content (AvgIpc) is 2.26. The summed E-state index contributed by atoms with van der Waals surface area (Å²) in [6, 6.07) is 6.62. The number of hydrogen-bond donors (Lipinski definition) is 1. The fraction of sp³-hybridized carbons (Fsp3) is 0.333. The molecule has 0 spiro atoms. The Balaban J connectivity index is 2.68. The molecule has 1 aromatic rings. The molecule has 1 atom stereocenters.